The maximum absolute atomic E-state index is 12.2. The van der Waals surface area contributed by atoms with Crippen molar-refractivity contribution < 1.29 is 31.5 Å². The van der Waals surface area contributed by atoms with Gasteiger partial charge in [0.05, 0.1) is 24.0 Å². The molecule has 202 valence electrons. The number of aromatic amines is 1. The fourth-order valence-electron chi connectivity index (χ4n) is 3.77. The molecule has 37 heavy (non-hydrogen) atoms. The van der Waals surface area contributed by atoms with Crippen LogP contribution >= 0.6 is 0 Å². The van der Waals surface area contributed by atoms with Crippen LogP contribution in [0.25, 0.3) is 11.0 Å². The largest absolute Gasteiger partial charge is 0.389 e. The number of amides is 2. The van der Waals surface area contributed by atoms with Crippen LogP contribution in [0.1, 0.15) is 66.8 Å². The smallest absolute Gasteiger partial charge is 0.352 e. The number of aromatic nitrogens is 4. The third kappa shape index (κ3) is 9.14. The van der Waals surface area contributed by atoms with Crippen LogP contribution in [0.15, 0.2) is 30.5 Å². The van der Waals surface area contributed by atoms with Crippen LogP contribution in [0, 0.1) is 0 Å². The van der Waals surface area contributed by atoms with E-state index in [-0.39, 0.29) is 31.8 Å². The van der Waals surface area contributed by atoms with E-state index in [4.69, 9.17) is 0 Å². The average Bonchev–Trinajstić information content (AvgIpc) is 3.45. The predicted octanol–water partition coefficient (Wildman–Crippen LogP) is 4.77. The first-order chi connectivity index (χ1) is 17.4. The summed E-state index contributed by atoms with van der Waals surface area (Å²) >= 11 is 0. The maximum Gasteiger partial charge on any atom is 0.389 e. The van der Waals surface area contributed by atoms with E-state index in [9.17, 15) is 31.5 Å². The normalized spacial score (nSPS) is 15.1. The first-order valence-corrected chi connectivity index (χ1v) is 11.9. The molecule has 13 heteroatoms. The summed E-state index contributed by atoms with van der Waals surface area (Å²) in [7, 11) is 1.67. The fourth-order valence-corrected chi connectivity index (χ4v) is 3.77. The third-order valence-corrected chi connectivity index (χ3v) is 5.78. The van der Waals surface area contributed by atoms with Crippen molar-refractivity contribution in [3.05, 3.63) is 47.5 Å². The number of nitrogens with zero attached hydrogens (tertiary/aromatic N) is 3. The molecular weight excluding hydrogens is 499 g/mol. The Kier molecular flexibility index (Phi) is 9.22. The first kappa shape index (κ1) is 28.1. The van der Waals surface area contributed by atoms with Crippen molar-refractivity contribution in [1.29, 1.82) is 0 Å². The number of nitrogens with one attached hydrogen (secondary N) is 3. The van der Waals surface area contributed by atoms with Gasteiger partial charge in [-0.25, -0.2) is 13.8 Å². The monoisotopic (exact) mass is 528 g/mol. The lowest BCUT2D eigenvalue weighted by molar-refractivity contribution is -0.144. The number of H-pyrrole nitrogens is 1. The Morgan fingerprint density at radius 3 is 2.41 bits per heavy atom. The number of carbonyl (C=O) groups excluding carboxylic acids is 2. The number of carbonyl (C=O) groups is 2. The van der Waals surface area contributed by atoms with Gasteiger partial charge in [0.2, 0.25) is 11.8 Å². The zero-order valence-electron chi connectivity index (χ0n) is 20.3. The van der Waals surface area contributed by atoms with E-state index in [1.165, 1.54) is 10.9 Å². The Hall–Kier alpha value is -3.51. The molecule has 2 aromatic heterocycles. The van der Waals surface area contributed by atoms with Gasteiger partial charge in [-0.3, -0.25) is 14.3 Å². The quantitative estimate of drug-likeness (QED) is 0.384. The number of benzene rings is 1. The minimum Gasteiger partial charge on any atom is -0.352 e. The Labute approximate surface area is 210 Å². The number of halogens is 5. The van der Waals surface area contributed by atoms with Crippen LogP contribution in [0.2, 0.25) is 0 Å². The molecule has 0 bridgehead atoms. The molecule has 3 N–H and O–H groups in total. The summed E-state index contributed by atoms with van der Waals surface area (Å²) in [6, 6.07) is 6.81. The van der Waals surface area contributed by atoms with Crippen molar-refractivity contribution in [3.63, 3.8) is 0 Å². The molecule has 1 saturated carbocycles. The molecule has 1 aromatic carbocycles. The van der Waals surface area contributed by atoms with Crippen molar-refractivity contribution in [3.8, 4) is 0 Å². The van der Waals surface area contributed by atoms with Gasteiger partial charge >= 0.3 is 6.18 Å². The number of rotatable bonds is 7. The van der Waals surface area contributed by atoms with Crippen LogP contribution in [-0.2, 0) is 24.9 Å². The van der Waals surface area contributed by atoms with E-state index in [2.05, 4.69) is 25.7 Å². The second kappa shape index (κ2) is 12.2. The molecule has 1 aliphatic carbocycles. The van der Waals surface area contributed by atoms with Gasteiger partial charge in [-0.1, -0.05) is 12.5 Å². The van der Waals surface area contributed by atoms with E-state index in [1.807, 2.05) is 0 Å². The second-order valence-corrected chi connectivity index (χ2v) is 8.87. The van der Waals surface area contributed by atoms with Crippen molar-refractivity contribution in [1.82, 2.24) is 30.4 Å². The highest BCUT2D eigenvalue weighted by Gasteiger charge is 2.30. The molecule has 0 atom stereocenters. The van der Waals surface area contributed by atoms with Crippen LogP contribution < -0.4 is 10.6 Å². The summed E-state index contributed by atoms with van der Waals surface area (Å²) in [5.74, 6) is -2.72. The lowest BCUT2D eigenvalue weighted by atomic mass is 9.97. The van der Waals surface area contributed by atoms with Gasteiger partial charge in [0.25, 0.3) is 5.91 Å². The SMILES string of the molecule is Cn1nccc1C(=O)NCc1nc2ccc(CNC(=O)CCC(F)(F)F)cc2[nH]1.FC1(F)CCCCC1. The molecule has 4 rings (SSSR count). The molecule has 1 aliphatic rings. The molecule has 0 unspecified atom stereocenters. The average molecular weight is 529 g/mol. The standard InChI is InChI=1S/C18H19F3N6O2.C6H10F2/c1-27-14(5-7-24-27)17(29)23-10-15-25-12-3-2-11(8-13(12)26-15)9-22-16(28)4-6-18(19,20)21;7-6(8)4-2-1-3-5-6/h2-3,5,7-8H,4,6,9-10H2,1H3,(H,22,28)(H,23,29)(H,25,26);1-5H2. The number of hydrogen-bond acceptors (Lipinski definition) is 4. The zero-order chi connectivity index (χ0) is 27.1. The van der Waals surface area contributed by atoms with Gasteiger partial charge in [-0.2, -0.15) is 18.3 Å². The first-order valence-electron chi connectivity index (χ1n) is 11.9. The van der Waals surface area contributed by atoms with Gasteiger partial charge in [0, 0.05) is 39.1 Å². The van der Waals surface area contributed by atoms with Crippen molar-refractivity contribution >= 4 is 22.8 Å². The molecule has 0 radical (unpaired) electrons. The molecule has 0 saturated heterocycles. The van der Waals surface area contributed by atoms with Crippen LogP contribution in [0.5, 0.6) is 0 Å². The summed E-state index contributed by atoms with van der Waals surface area (Å²) < 4.78 is 62.3. The Morgan fingerprint density at radius 1 is 1.08 bits per heavy atom. The van der Waals surface area contributed by atoms with E-state index in [0.29, 0.717) is 41.0 Å². The minimum absolute atomic E-state index is 0.109. The topological polar surface area (TPSA) is 105 Å². The molecule has 0 aliphatic heterocycles. The third-order valence-electron chi connectivity index (χ3n) is 5.78. The number of imidazole rings is 1. The molecule has 2 amide bonds. The summed E-state index contributed by atoms with van der Waals surface area (Å²) in [6.07, 6.45) is -1.91. The molecule has 1 fully saturated rings. The van der Waals surface area contributed by atoms with E-state index < -0.39 is 30.8 Å². The number of hydrogen-bond donors (Lipinski definition) is 3. The Balaban J connectivity index is 0.000000405. The molecule has 3 aromatic rings. The van der Waals surface area contributed by atoms with Gasteiger partial charge in [0.1, 0.15) is 11.5 Å². The van der Waals surface area contributed by atoms with E-state index in [1.54, 1.807) is 31.3 Å². The fraction of sp³-hybridized carbons (Fsp3) is 0.500. The van der Waals surface area contributed by atoms with Gasteiger partial charge in [-0.05, 0) is 36.6 Å². The van der Waals surface area contributed by atoms with Crippen molar-refractivity contribution in [2.45, 2.75) is 70.1 Å². The Bertz CT molecular complexity index is 1200. The van der Waals surface area contributed by atoms with Crippen molar-refractivity contribution in [2.75, 3.05) is 0 Å². The van der Waals surface area contributed by atoms with Crippen LogP contribution in [0.4, 0.5) is 22.0 Å². The summed E-state index contributed by atoms with van der Waals surface area (Å²) in [5.41, 5.74) is 2.50. The van der Waals surface area contributed by atoms with E-state index >= 15 is 0 Å². The van der Waals surface area contributed by atoms with E-state index in [0.717, 1.165) is 6.42 Å². The predicted molar refractivity (Wildman–Crippen MR) is 126 cm³/mol. The lowest BCUT2D eigenvalue weighted by Gasteiger charge is -2.20. The zero-order valence-corrected chi connectivity index (χ0v) is 20.3. The minimum atomic E-state index is -4.35. The summed E-state index contributed by atoms with van der Waals surface area (Å²) in [5, 5.41) is 9.14. The highest BCUT2D eigenvalue weighted by Crippen LogP contribution is 2.32. The second-order valence-electron chi connectivity index (χ2n) is 8.87. The summed E-state index contributed by atoms with van der Waals surface area (Å²) in [4.78, 5) is 31.1. The lowest BCUT2D eigenvalue weighted by Crippen LogP contribution is -2.25. The maximum atomic E-state index is 12.2. The van der Waals surface area contributed by atoms with Crippen LogP contribution in [0.3, 0.4) is 0 Å². The Morgan fingerprint density at radius 2 is 1.81 bits per heavy atom. The van der Waals surface area contributed by atoms with Gasteiger partial charge < -0.3 is 15.6 Å². The molecule has 2 heterocycles. The molecular formula is C24H29F5N6O2. The molecule has 8 nitrogen and oxygen atoms in total. The highest BCUT2D eigenvalue weighted by atomic mass is 19.4. The number of aryl methyl sites for hydroxylation is 1. The van der Waals surface area contributed by atoms with Crippen LogP contribution in [-0.4, -0.2) is 43.7 Å². The molecule has 0 spiro atoms. The number of alkyl halides is 5. The highest BCUT2D eigenvalue weighted by molar-refractivity contribution is 5.92. The van der Waals surface area contributed by atoms with Crippen molar-refractivity contribution in [2.24, 2.45) is 7.05 Å². The van der Waals surface area contributed by atoms with Gasteiger partial charge in [-0.15, -0.1) is 0 Å². The number of fused-ring (bicyclic) bond motifs is 1. The summed E-state index contributed by atoms with van der Waals surface area (Å²) in [6.45, 7) is 0.292. The van der Waals surface area contributed by atoms with Gasteiger partial charge in [0.15, 0.2) is 0 Å².